The molecule has 1 fully saturated rings. The average molecular weight is 488 g/mol. The van der Waals surface area contributed by atoms with Crippen LogP contribution in [0.1, 0.15) is 54.4 Å². The van der Waals surface area contributed by atoms with Gasteiger partial charge in [-0.3, -0.25) is 4.79 Å². The fraction of sp³-hybridized carbons (Fsp3) is 0.440. The maximum absolute atomic E-state index is 13.8. The first-order valence-electron chi connectivity index (χ1n) is 11.3. The maximum atomic E-state index is 13.8. The van der Waals surface area contributed by atoms with Gasteiger partial charge in [0, 0.05) is 10.9 Å². The lowest BCUT2D eigenvalue weighted by molar-refractivity contribution is -0.121. The first-order valence-corrected chi connectivity index (χ1v) is 13.9. The van der Waals surface area contributed by atoms with Gasteiger partial charge in [-0.2, -0.15) is 9.41 Å². The van der Waals surface area contributed by atoms with E-state index in [1.807, 2.05) is 63.4 Å². The Labute approximate surface area is 201 Å². The van der Waals surface area contributed by atoms with Crippen LogP contribution in [0, 0.1) is 20.8 Å². The highest BCUT2D eigenvalue weighted by Crippen LogP contribution is 2.31. The summed E-state index contributed by atoms with van der Waals surface area (Å²) in [5.41, 5.74) is 5.80. The summed E-state index contributed by atoms with van der Waals surface area (Å²) in [6, 6.07) is 11.4. The second-order valence-corrected chi connectivity index (χ2v) is 11.3. The summed E-state index contributed by atoms with van der Waals surface area (Å²) in [6.07, 6.45) is 8.13. The van der Waals surface area contributed by atoms with Crippen molar-refractivity contribution in [3.63, 3.8) is 0 Å². The van der Waals surface area contributed by atoms with Gasteiger partial charge in [0.15, 0.2) is 0 Å². The minimum Gasteiger partial charge on any atom is -0.272 e. The van der Waals surface area contributed by atoms with E-state index in [-0.39, 0.29) is 12.6 Å². The lowest BCUT2D eigenvalue weighted by atomic mass is 9.95. The number of nitrogens with one attached hydrogen (secondary N) is 1. The molecule has 0 aliphatic heterocycles. The van der Waals surface area contributed by atoms with Gasteiger partial charge in [-0.05, 0) is 68.7 Å². The maximum Gasteiger partial charge on any atom is 0.255 e. The van der Waals surface area contributed by atoms with Gasteiger partial charge in [0.05, 0.1) is 17.7 Å². The van der Waals surface area contributed by atoms with E-state index >= 15 is 0 Å². The topological polar surface area (TPSA) is 78.8 Å². The minimum atomic E-state index is -3.84. The molecule has 1 aliphatic rings. The Morgan fingerprint density at radius 1 is 1.09 bits per heavy atom. The number of amides is 1. The van der Waals surface area contributed by atoms with Gasteiger partial charge in [-0.25, -0.2) is 13.8 Å². The lowest BCUT2D eigenvalue weighted by Crippen LogP contribution is -2.46. The number of benzene rings is 2. The third-order valence-electron chi connectivity index (χ3n) is 5.97. The summed E-state index contributed by atoms with van der Waals surface area (Å²) in [6.45, 7) is 5.34. The number of sulfonamides is 1. The molecule has 8 heteroatoms. The summed E-state index contributed by atoms with van der Waals surface area (Å²) < 4.78 is 29.0. The SMILES string of the molecule is CSc1ccc(C=NNC(=O)CN(C2CCCCC2)S(=O)(=O)c2c(C)cc(C)cc2C)cc1. The molecule has 0 bridgehead atoms. The van der Waals surface area contributed by atoms with Crippen molar-refractivity contribution < 1.29 is 13.2 Å². The van der Waals surface area contributed by atoms with Crippen LogP contribution in [0.15, 0.2) is 51.3 Å². The molecule has 1 amide bonds. The molecular formula is C25H33N3O3S2. The number of rotatable bonds is 8. The number of carbonyl (C=O) groups excluding carboxylic acids is 1. The molecule has 1 saturated carbocycles. The third kappa shape index (κ3) is 6.46. The van der Waals surface area contributed by atoms with Crippen LogP contribution in [0.4, 0.5) is 0 Å². The minimum absolute atomic E-state index is 0.183. The normalized spacial score (nSPS) is 15.3. The molecule has 0 atom stereocenters. The van der Waals surface area contributed by atoms with Gasteiger partial charge in [-0.1, -0.05) is 49.1 Å². The van der Waals surface area contributed by atoms with E-state index in [1.54, 1.807) is 18.0 Å². The molecule has 1 N–H and O–H groups in total. The number of carbonyl (C=O) groups is 1. The van der Waals surface area contributed by atoms with Gasteiger partial charge < -0.3 is 0 Å². The zero-order chi connectivity index (χ0) is 24.0. The Morgan fingerprint density at radius 3 is 2.27 bits per heavy atom. The molecule has 2 aromatic rings. The predicted molar refractivity (Wildman–Crippen MR) is 135 cm³/mol. The molecule has 0 heterocycles. The van der Waals surface area contributed by atoms with Crippen LogP contribution in [0.2, 0.25) is 0 Å². The largest absolute Gasteiger partial charge is 0.272 e. The molecule has 0 saturated heterocycles. The predicted octanol–water partition coefficient (Wildman–Crippen LogP) is 4.81. The zero-order valence-corrected chi connectivity index (χ0v) is 21.4. The van der Waals surface area contributed by atoms with Crippen LogP contribution in [0.3, 0.4) is 0 Å². The van der Waals surface area contributed by atoms with E-state index in [1.165, 1.54) is 4.31 Å². The molecule has 3 rings (SSSR count). The van der Waals surface area contributed by atoms with E-state index in [9.17, 15) is 13.2 Å². The van der Waals surface area contributed by atoms with Crippen LogP contribution in [-0.2, 0) is 14.8 Å². The first-order chi connectivity index (χ1) is 15.7. The van der Waals surface area contributed by atoms with E-state index in [0.717, 1.165) is 48.1 Å². The lowest BCUT2D eigenvalue weighted by Gasteiger charge is -2.33. The number of aryl methyl sites for hydroxylation is 3. The van der Waals surface area contributed by atoms with E-state index < -0.39 is 15.9 Å². The molecule has 1 aliphatic carbocycles. The van der Waals surface area contributed by atoms with E-state index in [2.05, 4.69) is 10.5 Å². The van der Waals surface area contributed by atoms with Gasteiger partial charge >= 0.3 is 0 Å². The van der Waals surface area contributed by atoms with Crippen molar-refractivity contribution in [1.82, 2.24) is 9.73 Å². The summed E-state index contributed by atoms with van der Waals surface area (Å²) in [4.78, 5) is 14.2. The van der Waals surface area contributed by atoms with Crippen molar-refractivity contribution >= 4 is 33.9 Å². The summed E-state index contributed by atoms with van der Waals surface area (Å²) in [5.74, 6) is -0.441. The van der Waals surface area contributed by atoms with Crippen molar-refractivity contribution in [3.8, 4) is 0 Å². The Kier molecular flexibility index (Phi) is 8.73. The van der Waals surface area contributed by atoms with Crippen LogP contribution in [0.25, 0.3) is 0 Å². The summed E-state index contributed by atoms with van der Waals surface area (Å²) in [7, 11) is -3.84. The summed E-state index contributed by atoms with van der Waals surface area (Å²) in [5, 5.41) is 4.04. The molecular weight excluding hydrogens is 454 g/mol. The number of hydrogen-bond donors (Lipinski definition) is 1. The fourth-order valence-corrected chi connectivity index (χ4v) is 6.98. The second-order valence-electron chi connectivity index (χ2n) is 8.64. The Hall–Kier alpha value is -2.16. The van der Waals surface area contributed by atoms with Crippen molar-refractivity contribution in [2.24, 2.45) is 5.10 Å². The van der Waals surface area contributed by atoms with Crippen LogP contribution in [0.5, 0.6) is 0 Å². The molecule has 178 valence electrons. The number of nitrogens with zero attached hydrogens (tertiary/aromatic N) is 2. The summed E-state index contributed by atoms with van der Waals surface area (Å²) >= 11 is 1.65. The fourth-order valence-electron chi connectivity index (χ4n) is 4.52. The molecule has 0 unspecified atom stereocenters. The van der Waals surface area contributed by atoms with Crippen molar-refractivity contribution in [3.05, 3.63) is 58.7 Å². The Morgan fingerprint density at radius 2 is 1.70 bits per heavy atom. The molecule has 0 aromatic heterocycles. The number of hydrogen-bond acceptors (Lipinski definition) is 5. The molecule has 6 nitrogen and oxygen atoms in total. The zero-order valence-electron chi connectivity index (χ0n) is 19.8. The molecule has 0 radical (unpaired) electrons. The third-order valence-corrected chi connectivity index (χ3v) is 8.92. The van der Waals surface area contributed by atoms with Crippen molar-refractivity contribution in [1.29, 1.82) is 0 Å². The van der Waals surface area contributed by atoms with Crippen LogP contribution >= 0.6 is 11.8 Å². The van der Waals surface area contributed by atoms with Crippen LogP contribution < -0.4 is 5.43 Å². The van der Waals surface area contributed by atoms with Gasteiger partial charge in [0.2, 0.25) is 10.0 Å². The molecule has 0 spiro atoms. The van der Waals surface area contributed by atoms with Crippen molar-refractivity contribution in [2.75, 3.05) is 12.8 Å². The highest BCUT2D eigenvalue weighted by atomic mass is 32.2. The van der Waals surface area contributed by atoms with Gasteiger partial charge in [0.25, 0.3) is 5.91 Å². The van der Waals surface area contributed by atoms with Crippen molar-refractivity contribution in [2.45, 2.75) is 68.7 Å². The molecule has 2 aromatic carbocycles. The molecule has 33 heavy (non-hydrogen) atoms. The smallest absolute Gasteiger partial charge is 0.255 e. The monoisotopic (exact) mass is 487 g/mol. The Bertz CT molecular complexity index is 1080. The van der Waals surface area contributed by atoms with E-state index in [0.29, 0.717) is 16.0 Å². The van der Waals surface area contributed by atoms with Crippen LogP contribution in [-0.4, -0.2) is 43.7 Å². The van der Waals surface area contributed by atoms with Gasteiger partial charge in [0.1, 0.15) is 0 Å². The highest BCUT2D eigenvalue weighted by molar-refractivity contribution is 7.98. The average Bonchev–Trinajstić information content (AvgIpc) is 2.77. The van der Waals surface area contributed by atoms with E-state index in [4.69, 9.17) is 0 Å². The highest BCUT2D eigenvalue weighted by Gasteiger charge is 2.35. The number of hydrazone groups is 1. The quantitative estimate of drug-likeness (QED) is 0.329. The number of thioether (sulfide) groups is 1. The Balaban J connectivity index is 1.80. The standard InChI is InChI=1S/C25H33N3O3S2/c1-18-14-19(2)25(20(3)15-18)33(30,31)28(22-8-6-5-7-9-22)17-24(29)27-26-16-21-10-12-23(32-4)13-11-21/h10-16,22H,5-9,17H2,1-4H3,(H,27,29). The first kappa shape index (κ1) is 25.5. The second kappa shape index (κ2) is 11.3. The van der Waals surface area contributed by atoms with Gasteiger partial charge in [-0.15, -0.1) is 11.8 Å².